The van der Waals surface area contributed by atoms with Gasteiger partial charge in [-0.3, -0.25) is 4.98 Å². The number of benzene rings is 2. The van der Waals surface area contributed by atoms with Crippen molar-refractivity contribution in [2.24, 2.45) is 0 Å². The summed E-state index contributed by atoms with van der Waals surface area (Å²) in [6.07, 6.45) is -2.23. The van der Waals surface area contributed by atoms with Gasteiger partial charge in [-0.05, 0) is 41.3 Å². The molecule has 0 bridgehead atoms. The minimum absolute atomic E-state index is 0.146. The SMILES string of the molecule is OC(COc1ccc2ccncc2c1)c1cccc(C(F)(F)F)c1. The van der Waals surface area contributed by atoms with Crippen LogP contribution in [0.1, 0.15) is 17.2 Å². The second kappa shape index (κ2) is 6.49. The van der Waals surface area contributed by atoms with Crippen LogP contribution in [0.25, 0.3) is 10.8 Å². The first-order chi connectivity index (χ1) is 11.4. The molecule has 6 heteroatoms. The van der Waals surface area contributed by atoms with Gasteiger partial charge in [0.2, 0.25) is 0 Å². The van der Waals surface area contributed by atoms with Crippen molar-refractivity contribution in [3.8, 4) is 5.75 Å². The van der Waals surface area contributed by atoms with Crippen molar-refractivity contribution < 1.29 is 23.0 Å². The summed E-state index contributed by atoms with van der Waals surface area (Å²) in [5, 5.41) is 12.0. The lowest BCUT2D eigenvalue weighted by atomic mass is 10.1. The number of aromatic nitrogens is 1. The van der Waals surface area contributed by atoms with E-state index in [0.29, 0.717) is 5.75 Å². The minimum Gasteiger partial charge on any atom is -0.491 e. The van der Waals surface area contributed by atoms with Crippen LogP contribution in [0.4, 0.5) is 13.2 Å². The van der Waals surface area contributed by atoms with Crippen molar-refractivity contribution in [2.75, 3.05) is 6.61 Å². The number of aliphatic hydroxyl groups excluding tert-OH is 1. The van der Waals surface area contributed by atoms with E-state index >= 15 is 0 Å². The van der Waals surface area contributed by atoms with Crippen molar-refractivity contribution in [1.82, 2.24) is 4.98 Å². The Labute approximate surface area is 136 Å². The Morgan fingerprint density at radius 1 is 1.04 bits per heavy atom. The van der Waals surface area contributed by atoms with E-state index in [9.17, 15) is 18.3 Å². The fourth-order valence-electron chi connectivity index (χ4n) is 2.35. The molecule has 0 aliphatic heterocycles. The highest BCUT2D eigenvalue weighted by Gasteiger charge is 2.30. The van der Waals surface area contributed by atoms with E-state index in [1.54, 1.807) is 24.5 Å². The highest BCUT2D eigenvalue weighted by Crippen LogP contribution is 2.31. The van der Waals surface area contributed by atoms with E-state index in [0.717, 1.165) is 22.9 Å². The number of rotatable bonds is 4. The number of alkyl halides is 3. The Balaban J connectivity index is 1.71. The number of pyridine rings is 1. The van der Waals surface area contributed by atoms with Crippen molar-refractivity contribution in [1.29, 1.82) is 0 Å². The van der Waals surface area contributed by atoms with Crippen LogP contribution < -0.4 is 4.74 Å². The predicted octanol–water partition coefficient (Wildman–Crippen LogP) is 4.37. The van der Waals surface area contributed by atoms with Gasteiger partial charge in [0.1, 0.15) is 18.5 Å². The van der Waals surface area contributed by atoms with Gasteiger partial charge in [0.25, 0.3) is 0 Å². The summed E-state index contributed by atoms with van der Waals surface area (Å²) >= 11 is 0. The number of hydrogen-bond donors (Lipinski definition) is 1. The van der Waals surface area contributed by atoms with E-state index in [-0.39, 0.29) is 12.2 Å². The van der Waals surface area contributed by atoms with E-state index < -0.39 is 17.8 Å². The molecule has 0 saturated heterocycles. The molecule has 1 heterocycles. The third kappa shape index (κ3) is 3.65. The number of ether oxygens (including phenoxy) is 1. The standard InChI is InChI=1S/C18H14F3NO2/c19-18(20,21)15-3-1-2-13(8-15)17(23)11-24-16-5-4-12-6-7-22-10-14(12)9-16/h1-10,17,23H,11H2. The average Bonchev–Trinajstić information content (AvgIpc) is 2.59. The topological polar surface area (TPSA) is 42.4 Å². The molecule has 24 heavy (non-hydrogen) atoms. The van der Waals surface area contributed by atoms with Gasteiger partial charge in [0, 0.05) is 17.8 Å². The molecule has 3 nitrogen and oxygen atoms in total. The first kappa shape index (κ1) is 16.3. The fourth-order valence-corrected chi connectivity index (χ4v) is 2.35. The molecule has 1 atom stereocenters. The summed E-state index contributed by atoms with van der Waals surface area (Å²) in [6.45, 7) is -0.146. The first-order valence-electron chi connectivity index (χ1n) is 7.25. The Morgan fingerprint density at radius 2 is 1.88 bits per heavy atom. The van der Waals surface area contributed by atoms with E-state index in [4.69, 9.17) is 4.74 Å². The van der Waals surface area contributed by atoms with Crippen molar-refractivity contribution >= 4 is 10.8 Å². The lowest BCUT2D eigenvalue weighted by Gasteiger charge is -2.15. The van der Waals surface area contributed by atoms with Gasteiger partial charge < -0.3 is 9.84 Å². The zero-order chi connectivity index (χ0) is 17.2. The Bertz CT molecular complexity index is 849. The molecular formula is C18H14F3NO2. The van der Waals surface area contributed by atoms with Gasteiger partial charge in [-0.25, -0.2) is 0 Å². The summed E-state index contributed by atoms with van der Waals surface area (Å²) in [5.41, 5.74) is -0.636. The molecule has 3 aromatic rings. The maximum Gasteiger partial charge on any atom is 0.416 e. The van der Waals surface area contributed by atoms with Crippen molar-refractivity contribution in [3.05, 3.63) is 72.1 Å². The maximum atomic E-state index is 12.7. The van der Waals surface area contributed by atoms with Crippen molar-refractivity contribution in [3.63, 3.8) is 0 Å². The van der Waals surface area contributed by atoms with Crippen LogP contribution in [0.2, 0.25) is 0 Å². The summed E-state index contributed by atoms with van der Waals surface area (Å²) in [6, 6.07) is 11.8. The number of aliphatic hydroxyl groups is 1. The van der Waals surface area contributed by atoms with Gasteiger partial charge in [0.05, 0.1) is 5.56 Å². The highest BCUT2D eigenvalue weighted by atomic mass is 19.4. The largest absolute Gasteiger partial charge is 0.491 e. The molecule has 0 spiro atoms. The average molecular weight is 333 g/mol. The molecule has 124 valence electrons. The normalized spacial score (nSPS) is 13.0. The second-order valence-corrected chi connectivity index (χ2v) is 5.33. The summed E-state index contributed by atoms with van der Waals surface area (Å²) in [5.74, 6) is 0.515. The lowest BCUT2D eigenvalue weighted by Crippen LogP contribution is -2.12. The van der Waals surface area contributed by atoms with Crippen LogP contribution in [0.3, 0.4) is 0 Å². The third-order valence-corrected chi connectivity index (χ3v) is 3.62. The van der Waals surface area contributed by atoms with E-state index in [1.807, 2.05) is 12.1 Å². The Hall–Kier alpha value is -2.60. The number of halogens is 3. The first-order valence-corrected chi connectivity index (χ1v) is 7.25. The fraction of sp³-hybridized carbons (Fsp3) is 0.167. The number of nitrogens with zero attached hydrogens (tertiary/aromatic N) is 1. The molecule has 0 radical (unpaired) electrons. The summed E-state index contributed by atoms with van der Waals surface area (Å²) in [4.78, 5) is 4.02. The Kier molecular flexibility index (Phi) is 4.40. The molecular weight excluding hydrogens is 319 g/mol. The molecule has 0 fully saturated rings. The van der Waals surface area contributed by atoms with Crippen LogP contribution >= 0.6 is 0 Å². The minimum atomic E-state index is -4.44. The number of hydrogen-bond acceptors (Lipinski definition) is 3. The summed E-state index contributed by atoms with van der Waals surface area (Å²) < 4.78 is 43.6. The second-order valence-electron chi connectivity index (χ2n) is 5.33. The van der Waals surface area contributed by atoms with Gasteiger partial charge in [-0.15, -0.1) is 0 Å². The Morgan fingerprint density at radius 3 is 2.67 bits per heavy atom. The monoisotopic (exact) mass is 333 g/mol. The van der Waals surface area contributed by atoms with Crippen molar-refractivity contribution in [2.45, 2.75) is 12.3 Å². The van der Waals surface area contributed by atoms with Crippen LogP contribution in [-0.2, 0) is 6.18 Å². The highest BCUT2D eigenvalue weighted by molar-refractivity contribution is 5.82. The molecule has 0 amide bonds. The molecule has 1 unspecified atom stereocenters. The molecule has 2 aromatic carbocycles. The molecule has 0 saturated carbocycles. The molecule has 1 N–H and O–H groups in total. The van der Waals surface area contributed by atoms with Crippen LogP contribution in [0.5, 0.6) is 5.75 Å². The van der Waals surface area contributed by atoms with Gasteiger partial charge in [-0.2, -0.15) is 13.2 Å². The molecule has 0 aliphatic rings. The van der Waals surface area contributed by atoms with Crippen LogP contribution in [0.15, 0.2) is 60.9 Å². The van der Waals surface area contributed by atoms with Gasteiger partial charge >= 0.3 is 6.18 Å². The predicted molar refractivity (Wildman–Crippen MR) is 83.6 cm³/mol. The zero-order valence-corrected chi connectivity index (χ0v) is 12.5. The van der Waals surface area contributed by atoms with Crippen LogP contribution in [-0.4, -0.2) is 16.7 Å². The third-order valence-electron chi connectivity index (χ3n) is 3.62. The maximum absolute atomic E-state index is 12.7. The summed E-state index contributed by atoms with van der Waals surface area (Å²) in [7, 11) is 0. The smallest absolute Gasteiger partial charge is 0.416 e. The zero-order valence-electron chi connectivity index (χ0n) is 12.5. The van der Waals surface area contributed by atoms with Crippen LogP contribution in [0, 0.1) is 0 Å². The van der Waals surface area contributed by atoms with Gasteiger partial charge in [0.15, 0.2) is 0 Å². The molecule has 1 aromatic heterocycles. The number of fused-ring (bicyclic) bond motifs is 1. The quantitative estimate of drug-likeness (QED) is 0.771. The van der Waals surface area contributed by atoms with Gasteiger partial charge in [-0.1, -0.05) is 18.2 Å². The lowest BCUT2D eigenvalue weighted by molar-refractivity contribution is -0.137. The van der Waals surface area contributed by atoms with E-state index in [1.165, 1.54) is 12.1 Å². The molecule has 0 aliphatic carbocycles. The van der Waals surface area contributed by atoms with E-state index in [2.05, 4.69) is 4.98 Å². The molecule has 3 rings (SSSR count).